The van der Waals surface area contributed by atoms with Crippen LogP contribution in [-0.4, -0.2) is 72.1 Å². The maximum atomic E-state index is 15.1. The number of carbonyl (C=O) groups excluding carboxylic acids is 1. The fourth-order valence-electron chi connectivity index (χ4n) is 5.72. The van der Waals surface area contributed by atoms with E-state index in [1.807, 2.05) is 20.8 Å². The van der Waals surface area contributed by atoms with Crippen molar-refractivity contribution in [1.82, 2.24) is 9.38 Å². The number of nitrogens with one attached hydrogen (secondary N) is 1. The number of ether oxygens (including phenoxy) is 2. The zero-order chi connectivity index (χ0) is 28.9. The minimum atomic E-state index is -1.25. The molecule has 4 rings (SSSR count). The number of carbonyl (C=O) groups is 3. The molecule has 10 nitrogen and oxygen atoms in total. The quantitative estimate of drug-likeness (QED) is 0.346. The molecule has 0 aromatic heterocycles. The molecule has 208 valence electrons. The predicted molar refractivity (Wildman–Crippen MR) is 142 cm³/mol. The molecule has 2 heterocycles. The molecule has 11 heteroatoms. The zero-order valence-corrected chi connectivity index (χ0v) is 22.6. The smallest absolute Gasteiger partial charge is 0.493 e. The number of quaternary nitrogens is 1. The molecular formula is C28H33FN3O7+. The first-order chi connectivity index (χ1) is 18.3. The third-order valence-electron chi connectivity index (χ3n) is 7.65. The number of Topliss-reactive ketones (excluding diaryl/α,β-unsaturated/α-hetero) is 1. The summed E-state index contributed by atoms with van der Waals surface area (Å²) in [6.45, 7) is 5.67. The average Bonchev–Trinajstić information content (AvgIpc) is 3.45. The van der Waals surface area contributed by atoms with Gasteiger partial charge in [-0.2, -0.15) is 9.28 Å². The van der Waals surface area contributed by atoms with Crippen LogP contribution in [0.25, 0.3) is 0 Å². The lowest BCUT2D eigenvalue weighted by molar-refractivity contribution is -0.141. The molecule has 2 aliphatic rings. The summed E-state index contributed by atoms with van der Waals surface area (Å²) in [7, 11) is 2.69. The van der Waals surface area contributed by atoms with Crippen molar-refractivity contribution in [2.75, 3.05) is 27.3 Å². The Hall–Kier alpha value is -3.99. The van der Waals surface area contributed by atoms with Crippen LogP contribution < -0.4 is 14.0 Å². The second-order valence-corrected chi connectivity index (χ2v) is 10.9. The molecule has 39 heavy (non-hydrogen) atoms. The number of nitrogens with zero attached hydrogens (tertiary/aromatic N) is 2. The highest BCUT2D eigenvalue weighted by molar-refractivity contribution is 6.06. The number of amidine groups is 1. The molecule has 0 saturated carbocycles. The molecule has 2 atom stereocenters. The first-order valence-corrected chi connectivity index (χ1v) is 12.6. The van der Waals surface area contributed by atoms with Crippen molar-refractivity contribution in [3.8, 4) is 11.5 Å². The van der Waals surface area contributed by atoms with Crippen LogP contribution in [0.2, 0.25) is 0 Å². The Bertz CT molecular complexity index is 1380. The first-order valence-electron chi connectivity index (χ1n) is 12.6. The van der Waals surface area contributed by atoms with E-state index in [1.54, 1.807) is 18.2 Å². The lowest BCUT2D eigenvalue weighted by atomic mass is 9.83. The van der Waals surface area contributed by atoms with E-state index in [9.17, 15) is 24.6 Å². The van der Waals surface area contributed by atoms with Gasteiger partial charge in [-0.25, -0.2) is 9.18 Å². The van der Waals surface area contributed by atoms with Gasteiger partial charge in [0.1, 0.15) is 11.5 Å². The fourth-order valence-corrected chi connectivity index (χ4v) is 5.72. The summed E-state index contributed by atoms with van der Waals surface area (Å²) < 4.78 is 24.7. The average molecular weight is 543 g/mol. The number of amides is 1. The molecule has 1 saturated heterocycles. The summed E-state index contributed by atoms with van der Waals surface area (Å²) >= 11 is 0. The Morgan fingerprint density at radius 3 is 2.41 bits per heavy atom. The summed E-state index contributed by atoms with van der Waals surface area (Å²) in [5.41, 5.74) is 1.13. The topological polar surface area (TPSA) is 137 Å². The van der Waals surface area contributed by atoms with Crippen LogP contribution >= 0.6 is 0 Å². The highest BCUT2D eigenvalue weighted by Crippen LogP contribution is 2.43. The summed E-state index contributed by atoms with van der Waals surface area (Å²) in [5, 5.41) is 28.6. The highest BCUT2D eigenvalue weighted by atomic mass is 19.1. The molecule has 3 N–H and O–H groups in total. The minimum absolute atomic E-state index is 0.0489. The Morgan fingerprint density at radius 1 is 1.15 bits per heavy atom. The van der Waals surface area contributed by atoms with Crippen LogP contribution in [0.15, 0.2) is 24.3 Å². The van der Waals surface area contributed by atoms with Gasteiger partial charge in [-0.1, -0.05) is 20.8 Å². The van der Waals surface area contributed by atoms with E-state index in [-0.39, 0.29) is 60.3 Å². The van der Waals surface area contributed by atoms with Gasteiger partial charge in [-0.3, -0.25) is 10.2 Å². The molecule has 2 unspecified atom stereocenters. The third-order valence-corrected chi connectivity index (χ3v) is 7.65. The van der Waals surface area contributed by atoms with E-state index < -0.39 is 33.8 Å². The lowest BCUT2D eigenvalue weighted by Gasteiger charge is -2.36. The number of likely N-dealkylation sites (tertiary alicyclic amines) is 1. The van der Waals surface area contributed by atoms with E-state index in [1.165, 1.54) is 25.2 Å². The number of ketones is 1. The number of carboxylic acid groups (broad SMARTS) is 2. The van der Waals surface area contributed by atoms with Crippen molar-refractivity contribution in [2.24, 2.45) is 0 Å². The van der Waals surface area contributed by atoms with Crippen molar-refractivity contribution in [3.63, 3.8) is 0 Å². The number of halogens is 1. The number of methoxy groups -OCH3 is 2. The standard InChI is InChI=1S/C28H32FN3O7/c1-28(2,3)17-11-15(8-9-18(17)32(27(36)37)10-6-7-19(32)26(34)35)20(33)14-31-13-16-12-21(38-4)24(39-5)23(29)22(16)25(31)30/h8-9,11-12,19,30H,6-7,10,13-14H2,1-5H3,(H-,34,35,36,37)/p+1. The van der Waals surface area contributed by atoms with Crippen LogP contribution in [-0.2, 0) is 16.8 Å². The van der Waals surface area contributed by atoms with E-state index in [0.717, 1.165) is 0 Å². The zero-order valence-electron chi connectivity index (χ0n) is 22.6. The molecule has 0 radical (unpaired) electrons. The third kappa shape index (κ3) is 4.50. The van der Waals surface area contributed by atoms with Crippen molar-refractivity contribution < 1.29 is 38.5 Å². The van der Waals surface area contributed by atoms with Gasteiger partial charge in [-0.15, -0.1) is 0 Å². The molecule has 1 amide bonds. The normalized spacial score (nSPS) is 20.6. The largest absolute Gasteiger partial charge is 0.519 e. The van der Waals surface area contributed by atoms with E-state index >= 15 is 4.39 Å². The van der Waals surface area contributed by atoms with E-state index in [4.69, 9.17) is 14.9 Å². The van der Waals surface area contributed by atoms with Gasteiger partial charge >= 0.3 is 12.1 Å². The molecular weight excluding hydrogens is 509 g/mol. The van der Waals surface area contributed by atoms with E-state index in [0.29, 0.717) is 23.2 Å². The van der Waals surface area contributed by atoms with Gasteiger partial charge < -0.3 is 24.6 Å². The molecule has 2 aliphatic heterocycles. The second kappa shape index (κ2) is 9.96. The number of carboxylic acids is 1. The van der Waals surface area contributed by atoms with Crippen molar-refractivity contribution >= 4 is 29.4 Å². The van der Waals surface area contributed by atoms with Gasteiger partial charge in [0, 0.05) is 36.6 Å². The maximum Gasteiger partial charge on any atom is 0.519 e. The summed E-state index contributed by atoms with van der Waals surface area (Å²) in [6.07, 6.45) is -0.576. The predicted octanol–water partition coefficient (Wildman–Crippen LogP) is 4.40. The van der Waals surface area contributed by atoms with Crippen LogP contribution in [0.3, 0.4) is 0 Å². The molecule has 2 aromatic carbocycles. The Kier molecular flexibility index (Phi) is 7.16. The highest BCUT2D eigenvalue weighted by Gasteiger charge is 2.56. The first kappa shape index (κ1) is 28.0. The van der Waals surface area contributed by atoms with Crippen LogP contribution in [0.4, 0.5) is 14.9 Å². The number of hydrogen-bond acceptors (Lipinski definition) is 6. The number of benzene rings is 2. The van der Waals surface area contributed by atoms with Gasteiger partial charge in [0.15, 0.2) is 23.1 Å². The van der Waals surface area contributed by atoms with Gasteiger partial charge in [-0.05, 0) is 29.2 Å². The summed E-state index contributed by atoms with van der Waals surface area (Å²) in [5.74, 6) is -2.33. The van der Waals surface area contributed by atoms with Crippen LogP contribution in [0.1, 0.15) is 60.7 Å². The number of aliphatic carboxylic acids is 1. The maximum absolute atomic E-state index is 15.1. The number of fused-ring (bicyclic) bond motifs is 1. The number of hydrogen-bond donors (Lipinski definition) is 3. The van der Waals surface area contributed by atoms with Crippen molar-refractivity contribution in [1.29, 1.82) is 5.41 Å². The van der Waals surface area contributed by atoms with Gasteiger partial charge in [0.2, 0.25) is 6.04 Å². The van der Waals surface area contributed by atoms with Crippen LogP contribution in [0.5, 0.6) is 11.5 Å². The molecule has 0 aliphatic carbocycles. The Balaban J connectivity index is 1.70. The molecule has 1 fully saturated rings. The van der Waals surface area contributed by atoms with Gasteiger partial charge in [0.05, 0.1) is 32.9 Å². The number of rotatable bonds is 7. The van der Waals surface area contributed by atoms with Crippen molar-refractivity contribution in [3.05, 3.63) is 52.3 Å². The molecule has 0 bridgehead atoms. The van der Waals surface area contributed by atoms with Crippen LogP contribution in [0, 0.1) is 11.2 Å². The Labute approximate surface area is 225 Å². The second-order valence-electron chi connectivity index (χ2n) is 10.9. The van der Waals surface area contributed by atoms with Crippen molar-refractivity contribution in [2.45, 2.75) is 51.6 Å². The summed E-state index contributed by atoms with van der Waals surface area (Å²) in [4.78, 5) is 39.5. The molecule has 2 aromatic rings. The monoisotopic (exact) mass is 542 g/mol. The van der Waals surface area contributed by atoms with Gasteiger partial charge in [0.25, 0.3) is 0 Å². The fraction of sp³-hybridized carbons (Fsp3) is 0.429. The minimum Gasteiger partial charge on any atom is -0.493 e. The molecule has 0 spiro atoms. The summed E-state index contributed by atoms with van der Waals surface area (Å²) in [6, 6.07) is 5.12. The Morgan fingerprint density at radius 2 is 1.85 bits per heavy atom. The lowest BCUT2D eigenvalue weighted by Crippen LogP contribution is -2.60. The van der Waals surface area contributed by atoms with E-state index in [2.05, 4.69) is 0 Å². The SMILES string of the molecule is COc1cc2c(c(F)c1OC)C(=N)N(CC(=O)c1ccc([N+]3(C(=O)O)CCCC3C(=O)O)c(C(C)(C)C)c1)C2.